The average Bonchev–Trinajstić information content (AvgIpc) is 3.52. The van der Waals surface area contributed by atoms with Crippen molar-refractivity contribution in [1.82, 2.24) is 0 Å². The molecule has 2 aliphatic heterocycles. The summed E-state index contributed by atoms with van der Waals surface area (Å²) < 4.78 is 38.0. The van der Waals surface area contributed by atoms with Crippen LogP contribution in [0.2, 0.25) is 0 Å². The SMILES string of the molecule is O=C(Nc1cccc2c1CCN2CC1CC1)c1ccc(NS(=O)(=O)CCO)c2c1OCCO2. The van der Waals surface area contributed by atoms with Gasteiger partial charge < -0.3 is 24.8 Å². The van der Waals surface area contributed by atoms with Crippen molar-refractivity contribution >= 4 is 33.0 Å². The Morgan fingerprint density at radius 1 is 1.09 bits per heavy atom. The lowest BCUT2D eigenvalue weighted by atomic mass is 10.1. The van der Waals surface area contributed by atoms with Gasteiger partial charge in [0.2, 0.25) is 10.0 Å². The van der Waals surface area contributed by atoms with Crippen LogP contribution in [0.5, 0.6) is 11.5 Å². The normalized spacial score (nSPS) is 16.9. The molecule has 0 bridgehead atoms. The summed E-state index contributed by atoms with van der Waals surface area (Å²) in [5.41, 5.74) is 3.51. The third kappa shape index (κ3) is 4.58. The predicted molar refractivity (Wildman–Crippen MR) is 125 cm³/mol. The van der Waals surface area contributed by atoms with Crippen molar-refractivity contribution < 1.29 is 27.8 Å². The molecule has 0 atom stereocenters. The van der Waals surface area contributed by atoms with Gasteiger partial charge in [0.25, 0.3) is 5.91 Å². The molecule has 3 aliphatic rings. The molecule has 2 aromatic carbocycles. The number of hydrogen-bond donors (Lipinski definition) is 3. The van der Waals surface area contributed by atoms with E-state index in [0.29, 0.717) is 0 Å². The Morgan fingerprint density at radius 3 is 2.64 bits per heavy atom. The van der Waals surface area contributed by atoms with E-state index in [1.54, 1.807) is 0 Å². The Bertz CT molecular complexity index is 1180. The molecule has 0 unspecified atom stereocenters. The molecule has 9 nitrogen and oxygen atoms in total. The lowest BCUT2D eigenvalue weighted by Gasteiger charge is -2.24. The van der Waals surface area contributed by atoms with Crippen LogP contribution in [0.15, 0.2) is 30.3 Å². The van der Waals surface area contributed by atoms with Crippen molar-refractivity contribution in [3.63, 3.8) is 0 Å². The van der Waals surface area contributed by atoms with Crippen LogP contribution in [0.4, 0.5) is 17.1 Å². The first kappa shape index (κ1) is 21.8. The Balaban J connectivity index is 1.40. The fraction of sp³-hybridized carbons (Fsp3) is 0.435. The van der Waals surface area contributed by atoms with Gasteiger partial charge in [-0.2, -0.15) is 0 Å². The Labute approximate surface area is 192 Å². The molecule has 1 aliphatic carbocycles. The molecule has 33 heavy (non-hydrogen) atoms. The maximum absolute atomic E-state index is 13.2. The van der Waals surface area contributed by atoms with Gasteiger partial charge in [-0.05, 0) is 49.4 Å². The van der Waals surface area contributed by atoms with E-state index in [-0.39, 0.29) is 41.9 Å². The highest BCUT2D eigenvalue weighted by Crippen LogP contribution is 2.42. The first-order chi connectivity index (χ1) is 15.9. The molecule has 1 amide bonds. The van der Waals surface area contributed by atoms with Crippen LogP contribution in [0, 0.1) is 5.92 Å². The zero-order valence-corrected chi connectivity index (χ0v) is 19.0. The molecule has 0 saturated heterocycles. The lowest BCUT2D eigenvalue weighted by Crippen LogP contribution is -2.24. The van der Waals surface area contributed by atoms with Crippen LogP contribution < -0.4 is 24.4 Å². The number of rotatable bonds is 8. The number of carbonyl (C=O) groups excluding carboxylic acids is 1. The van der Waals surface area contributed by atoms with E-state index in [4.69, 9.17) is 14.6 Å². The van der Waals surface area contributed by atoms with Crippen LogP contribution in [0.25, 0.3) is 0 Å². The molecule has 2 heterocycles. The molecule has 0 radical (unpaired) electrons. The summed E-state index contributed by atoms with van der Waals surface area (Å²) in [4.78, 5) is 15.6. The van der Waals surface area contributed by atoms with Crippen LogP contribution in [-0.2, 0) is 16.4 Å². The maximum atomic E-state index is 13.2. The molecule has 5 rings (SSSR count). The number of carbonyl (C=O) groups is 1. The van der Waals surface area contributed by atoms with Gasteiger partial charge in [0.05, 0.1) is 23.6 Å². The van der Waals surface area contributed by atoms with Gasteiger partial charge >= 0.3 is 0 Å². The highest BCUT2D eigenvalue weighted by molar-refractivity contribution is 7.92. The molecule has 2 aromatic rings. The van der Waals surface area contributed by atoms with Crippen molar-refractivity contribution in [3.05, 3.63) is 41.5 Å². The summed E-state index contributed by atoms with van der Waals surface area (Å²) in [6.07, 6.45) is 3.46. The summed E-state index contributed by atoms with van der Waals surface area (Å²) in [6, 6.07) is 8.95. The summed E-state index contributed by atoms with van der Waals surface area (Å²) in [5.74, 6) is 0.360. The number of ether oxygens (including phenoxy) is 2. The maximum Gasteiger partial charge on any atom is 0.259 e. The molecule has 3 N–H and O–H groups in total. The quantitative estimate of drug-likeness (QED) is 0.538. The number of anilines is 3. The van der Waals surface area contributed by atoms with Crippen LogP contribution in [0.3, 0.4) is 0 Å². The number of aliphatic hydroxyl groups is 1. The van der Waals surface area contributed by atoms with Crippen LogP contribution in [-0.4, -0.2) is 58.1 Å². The monoisotopic (exact) mass is 473 g/mol. The molecular weight excluding hydrogens is 446 g/mol. The third-order valence-corrected chi connectivity index (χ3v) is 7.36. The highest BCUT2D eigenvalue weighted by Gasteiger charge is 2.30. The van der Waals surface area contributed by atoms with Crippen molar-refractivity contribution in [2.24, 2.45) is 5.92 Å². The highest BCUT2D eigenvalue weighted by atomic mass is 32.2. The molecular formula is C23H27N3O6S. The first-order valence-corrected chi connectivity index (χ1v) is 12.8. The van der Waals surface area contributed by atoms with Gasteiger partial charge in [-0.15, -0.1) is 0 Å². The van der Waals surface area contributed by atoms with Crippen molar-refractivity contribution in [2.45, 2.75) is 19.3 Å². The zero-order valence-electron chi connectivity index (χ0n) is 18.2. The largest absolute Gasteiger partial charge is 0.485 e. The molecule has 1 fully saturated rings. The number of aliphatic hydroxyl groups excluding tert-OH is 1. The zero-order chi connectivity index (χ0) is 23.0. The van der Waals surface area contributed by atoms with E-state index in [9.17, 15) is 13.2 Å². The molecule has 10 heteroatoms. The smallest absolute Gasteiger partial charge is 0.259 e. The number of benzene rings is 2. The van der Waals surface area contributed by atoms with Crippen molar-refractivity contribution in [3.8, 4) is 11.5 Å². The number of fused-ring (bicyclic) bond motifs is 2. The fourth-order valence-corrected chi connectivity index (χ4v) is 5.18. The average molecular weight is 474 g/mol. The Hall–Kier alpha value is -2.98. The van der Waals surface area contributed by atoms with Gasteiger partial charge in [0.1, 0.15) is 13.2 Å². The standard InChI is InChI=1S/C23H27N3O6S/c27-10-13-33(29,30)25-19-7-6-17(21-22(19)32-12-11-31-21)23(28)24-18-2-1-3-20-16(18)8-9-26(20)14-15-4-5-15/h1-3,6-7,15,25,27H,4-5,8-14H2,(H,24,28). The predicted octanol–water partition coefficient (Wildman–Crippen LogP) is 2.22. The minimum absolute atomic E-state index is 0.171. The van der Waals surface area contributed by atoms with Gasteiger partial charge in [-0.1, -0.05) is 6.07 Å². The summed E-state index contributed by atoms with van der Waals surface area (Å²) in [7, 11) is -3.76. The Kier molecular flexibility index (Phi) is 5.79. The molecule has 1 saturated carbocycles. The number of nitrogens with zero attached hydrogens (tertiary/aromatic N) is 1. The number of nitrogens with one attached hydrogen (secondary N) is 2. The van der Waals surface area contributed by atoms with E-state index < -0.39 is 22.4 Å². The van der Waals surface area contributed by atoms with Gasteiger partial charge in [-0.25, -0.2) is 8.42 Å². The second-order valence-electron chi connectivity index (χ2n) is 8.56. The summed E-state index contributed by atoms with van der Waals surface area (Å²) >= 11 is 0. The minimum Gasteiger partial charge on any atom is -0.485 e. The number of sulfonamides is 1. The second kappa shape index (κ2) is 8.75. The number of hydrogen-bond acceptors (Lipinski definition) is 7. The van der Waals surface area contributed by atoms with E-state index in [1.165, 1.54) is 30.7 Å². The van der Waals surface area contributed by atoms with Crippen molar-refractivity contribution in [2.75, 3.05) is 53.6 Å². The van der Waals surface area contributed by atoms with E-state index >= 15 is 0 Å². The van der Waals surface area contributed by atoms with E-state index in [1.807, 2.05) is 12.1 Å². The first-order valence-electron chi connectivity index (χ1n) is 11.2. The van der Waals surface area contributed by atoms with E-state index in [0.717, 1.165) is 36.7 Å². The van der Waals surface area contributed by atoms with Crippen LogP contribution >= 0.6 is 0 Å². The topological polar surface area (TPSA) is 117 Å². The van der Waals surface area contributed by atoms with Gasteiger partial charge in [0, 0.05) is 30.0 Å². The minimum atomic E-state index is -3.76. The molecule has 0 spiro atoms. The fourth-order valence-electron chi connectivity index (χ4n) is 4.34. The molecule has 176 valence electrons. The summed E-state index contributed by atoms with van der Waals surface area (Å²) in [6.45, 7) is 1.99. The van der Waals surface area contributed by atoms with Gasteiger partial charge in [0.15, 0.2) is 11.5 Å². The van der Waals surface area contributed by atoms with Crippen LogP contribution in [0.1, 0.15) is 28.8 Å². The molecule has 0 aromatic heterocycles. The Morgan fingerprint density at radius 2 is 1.88 bits per heavy atom. The van der Waals surface area contributed by atoms with E-state index in [2.05, 4.69) is 21.0 Å². The van der Waals surface area contributed by atoms with Crippen molar-refractivity contribution in [1.29, 1.82) is 0 Å². The van der Waals surface area contributed by atoms with Gasteiger partial charge in [-0.3, -0.25) is 9.52 Å². The lowest BCUT2D eigenvalue weighted by molar-refractivity contribution is 0.101. The summed E-state index contributed by atoms with van der Waals surface area (Å²) in [5, 5.41) is 12.0. The third-order valence-electron chi connectivity index (χ3n) is 6.11. The second-order valence-corrected chi connectivity index (χ2v) is 10.4. The number of amides is 1.